The quantitative estimate of drug-likeness (QED) is 0.770. The second-order valence-electron chi connectivity index (χ2n) is 6.09. The van der Waals surface area contributed by atoms with Crippen LogP contribution in [0.3, 0.4) is 0 Å². The predicted octanol–water partition coefficient (Wildman–Crippen LogP) is 2.08. The van der Waals surface area contributed by atoms with Gasteiger partial charge in [0.15, 0.2) is 11.5 Å². The van der Waals surface area contributed by atoms with Crippen LogP contribution in [-0.4, -0.2) is 36.9 Å². The van der Waals surface area contributed by atoms with Gasteiger partial charge in [-0.1, -0.05) is 12.1 Å². The van der Waals surface area contributed by atoms with Gasteiger partial charge in [-0.05, 0) is 47.4 Å². The predicted molar refractivity (Wildman–Crippen MR) is 92.4 cm³/mol. The lowest BCUT2D eigenvalue weighted by Gasteiger charge is -2.37. The van der Waals surface area contributed by atoms with Gasteiger partial charge in [-0.3, -0.25) is 5.32 Å². The van der Waals surface area contributed by atoms with E-state index in [1.165, 1.54) is 7.11 Å². The summed E-state index contributed by atoms with van der Waals surface area (Å²) in [6, 6.07) is 10.6. The van der Waals surface area contributed by atoms with Crippen molar-refractivity contribution in [2.75, 3.05) is 20.8 Å². The minimum atomic E-state index is -1.27. The number of ether oxygens (including phenoxy) is 2. The van der Waals surface area contributed by atoms with E-state index < -0.39 is 11.5 Å². The molecule has 6 nitrogen and oxygen atoms in total. The molecule has 25 heavy (non-hydrogen) atoms. The fourth-order valence-electron chi connectivity index (χ4n) is 3.36. The number of methoxy groups -OCH3 is 2. The summed E-state index contributed by atoms with van der Waals surface area (Å²) in [6.07, 6.45) is 0.914. The minimum Gasteiger partial charge on any atom is -0.504 e. The molecule has 3 N–H and O–H groups in total. The third-order valence-corrected chi connectivity index (χ3v) is 4.68. The van der Waals surface area contributed by atoms with Crippen molar-refractivity contribution in [3.8, 4) is 17.2 Å². The number of fused-ring (bicyclic) bond motifs is 1. The first-order valence-corrected chi connectivity index (χ1v) is 8.02. The van der Waals surface area contributed by atoms with Crippen LogP contribution in [-0.2, 0) is 23.2 Å². The molecule has 0 saturated heterocycles. The Hall–Kier alpha value is -2.73. The molecular weight excluding hydrogens is 322 g/mol. The number of carboxylic acids is 1. The molecule has 0 amide bonds. The number of hydrogen-bond acceptors (Lipinski definition) is 5. The maximum atomic E-state index is 12.3. The SMILES string of the molecule is COc1ccc(CC2(C(=O)O)NCCc3cc(O)c(OC)cc32)cc1. The number of rotatable bonds is 5. The Kier molecular flexibility index (Phi) is 4.55. The van der Waals surface area contributed by atoms with Gasteiger partial charge in [-0.15, -0.1) is 0 Å². The molecule has 2 aromatic carbocycles. The van der Waals surface area contributed by atoms with E-state index in [4.69, 9.17) is 9.47 Å². The number of aromatic hydroxyl groups is 1. The van der Waals surface area contributed by atoms with Crippen LogP contribution in [0.2, 0.25) is 0 Å². The van der Waals surface area contributed by atoms with Crippen molar-refractivity contribution in [1.82, 2.24) is 5.32 Å². The third kappa shape index (κ3) is 3.00. The maximum absolute atomic E-state index is 12.3. The smallest absolute Gasteiger partial charge is 0.328 e. The molecule has 0 bridgehead atoms. The van der Waals surface area contributed by atoms with Crippen LogP contribution in [0, 0.1) is 0 Å². The monoisotopic (exact) mass is 343 g/mol. The summed E-state index contributed by atoms with van der Waals surface area (Å²) in [5, 5.41) is 23.2. The molecule has 0 spiro atoms. The highest BCUT2D eigenvalue weighted by atomic mass is 16.5. The average molecular weight is 343 g/mol. The average Bonchev–Trinajstić information content (AvgIpc) is 2.61. The molecule has 0 aromatic heterocycles. The summed E-state index contributed by atoms with van der Waals surface area (Å²) in [5.74, 6) is 0.0448. The van der Waals surface area contributed by atoms with Gasteiger partial charge in [0.1, 0.15) is 11.3 Å². The summed E-state index contributed by atoms with van der Waals surface area (Å²) in [6.45, 7) is 0.515. The molecule has 1 heterocycles. The maximum Gasteiger partial charge on any atom is 0.328 e. The summed E-state index contributed by atoms with van der Waals surface area (Å²) in [5.41, 5.74) is 1.03. The third-order valence-electron chi connectivity index (χ3n) is 4.68. The molecule has 0 radical (unpaired) electrons. The van der Waals surface area contributed by atoms with Gasteiger partial charge >= 0.3 is 5.97 Å². The van der Waals surface area contributed by atoms with E-state index in [2.05, 4.69) is 5.32 Å². The Labute approximate surface area is 146 Å². The Morgan fingerprint density at radius 3 is 2.52 bits per heavy atom. The lowest BCUT2D eigenvalue weighted by molar-refractivity contribution is -0.145. The van der Waals surface area contributed by atoms with E-state index in [-0.39, 0.29) is 17.9 Å². The van der Waals surface area contributed by atoms with Crippen molar-refractivity contribution in [2.24, 2.45) is 0 Å². The van der Waals surface area contributed by atoms with Crippen LogP contribution in [0.25, 0.3) is 0 Å². The molecule has 0 aliphatic carbocycles. The van der Waals surface area contributed by atoms with Crippen molar-refractivity contribution in [3.63, 3.8) is 0 Å². The van der Waals surface area contributed by atoms with E-state index >= 15 is 0 Å². The Morgan fingerprint density at radius 2 is 1.92 bits per heavy atom. The Bertz CT molecular complexity index is 787. The molecule has 1 aliphatic heterocycles. The first kappa shape index (κ1) is 17.1. The number of nitrogens with one attached hydrogen (secondary N) is 1. The van der Waals surface area contributed by atoms with E-state index in [9.17, 15) is 15.0 Å². The highest BCUT2D eigenvalue weighted by Crippen LogP contribution is 2.39. The first-order valence-electron chi connectivity index (χ1n) is 8.02. The van der Waals surface area contributed by atoms with E-state index in [0.717, 1.165) is 16.9 Å². The van der Waals surface area contributed by atoms with Crippen molar-refractivity contribution in [3.05, 3.63) is 53.1 Å². The number of carbonyl (C=O) groups is 1. The lowest BCUT2D eigenvalue weighted by Crippen LogP contribution is -2.54. The largest absolute Gasteiger partial charge is 0.504 e. The van der Waals surface area contributed by atoms with Crippen LogP contribution in [0.15, 0.2) is 36.4 Å². The second kappa shape index (κ2) is 6.64. The molecule has 6 heteroatoms. The van der Waals surface area contributed by atoms with Gasteiger partial charge in [-0.2, -0.15) is 0 Å². The summed E-state index contributed by atoms with van der Waals surface area (Å²) < 4.78 is 10.3. The Balaban J connectivity index is 2.08. The number of hydrogen-bond donors (Lipinski definition) is 3. The number of benzene rings is 2. The van der Waals surface area contributed by atoms with E-state index in [1.54, 1.807) is 19.2 Å². The lowest BCUT2D eigenvalue weighted by atomic mass is 9.78. The number of aliphatic carboxylic acids is 1. The zero-order valence-corrected chi connectivity index (χ0v) is 14.2. The molecule has 2 aromatic rings. The van der Waals surface area contributed by atoms with E-state index in [1.807, 2.05) is 24.3 Å². The molecule has 132 valence electrons. The molecular formula is C19H21NO5. The fourth-order valence-corrected chi connectivity index (χ4v) is 3.36. The van der Waals surface area contributed by atoms with Gasteiger partial charge in [0.25, 0.3) is 0 Å². The van der Waals surface area contributed by atoms with Crippen LogP contribution in [0.5, 0.6) is 17.2 Å². The van der Waals surface area contributed by atoms with Crippen molar-refractivity contribution >= 4 is 5.97 Å². The fraction of sp³-hybridized carbons (Fsp3) is 0.316. The molecule has 3 rings (SSSR count). The zero-order chi connectivity index (χ0) is 18.0. The highest BCUT2D eigenvalue weighted by Gasteiger charge is 2.44. The highest BCUT2D eigenvalue weighted by molar-refractivity contribution is 5.83. The van der Waals surface area contributed by atoms with Crippen LogP contribution in [0.1, 0.15) is 16.7 Å². The van der Waals surface area contributed by atoms with Gasteiger partial charge in [0.2, 0.25) is 0 Å². The molecule has 1 unspecified atom stereocenters. The second-order valence-corrected chi connectivity index (χ2v) is 6.09. The van der Waals surface area contributed by atoms with Gasteiger partial charge in [-0.25, -0.2) is 4.79 Å². The van der Waals surface area contributed by atoms with Gasteiger partial charge in [0, 0.05) is 13.0 Å². The number of carboxylic acid groups (broad SMARTS) is 1. The molecule has 1 atom stereocenters. The zero-order valence-electron chi connectivity index (χ0n) is 14.2. The molecule has 0 fully saturated rings. The molecule has 0 saturated carbocycles. The Morgan fingerprint density at radius 1 is 1.20 bits per heavy atom. The number of phenolic OH excluding ortho intramolecular Hbond substituents is 1. The van der Waals surface area contributed by atoms with Crippen LogP contribution >= 0.6 is 0 Å². The summed E-state index contributed by atoms with van der Waals surface area (Å²) >= 11 is 0. The first-order chi connectivity index (χ1) is 12.0. The van der Waals surface area contributed by atoms with Gasteiger partial charge in [0.05, 0.1) is 14.2 Å². The van der Waals surface area contributed by atoms with Crippen molar-refractivity contribution < 1.29 is 24.5 Å². The van der Waals surface area contributed by atoms with Crippen molar-refractivity contribution in [2.45, 2.75) is 18.4 Å². The van der Waals surface area contributed by atoms with Crippen LogP contribution < -0.4 is 14.8 Å². The standard InChI is InChI=1S/C19H21NO5/c1-24-14-5-3-12(4-6-14)11-19(18(22)23)15-10-17(25-2)16(21)9-13(15)7-8-20-19/h3-6,9-10,20-21H,7-8,11H2,1-2H3,(H,22,23). The van der Waals surface area contributed by atoms with Crippen molar-refractivity contribution in [1.29, 1.82) is 0 Å². The topological polar surface area (TPSA) is 88.0 Å². The van der Waals surface area contributed by atoms with E-state index in [0.29, 0.717) is 18.5 Å². The van der Waals surface area contributed by atoms with Crippen LogP contribution in [0.4, 0.5) is 0 Å². The number of phenols is 1. The summed E-state index contributed by atoms with van der Waals surface area (Å²) in [7, 11) is 3.04. The molecule has 1 aliphatic rings. The summed E-state index contributed by atoms with van der Waals surface area (Å²) in [4.78, 5) is 12.3. The van der Waals surface area contributed by atoms with Gasteiger partial charge < -0.3 is 19.7 Å². The normalized spacial score (nSPS) is 19.1. The minimum absolute atomic E-state index is 0.0203.